The molecular formula is C18H22N3O4S2+. The number of carbonyl (C=O) groups is 2. The van der Waals surface area contributed by atoms with Gasteiger partial charge in [0, 0.05) is 18.4 Å². The van der Waals surface area contributed by atoms with Crippen LogP contribution in [-0.2, 0) is 14.3 Å². The molecule has 0 aromatic heterocycles. The van der Waals surface area contributed by atoms with E-state index in [4.69, 9.17) is 9.84 Å². The van der Waals surface area contributed by atoms with Crippen LogP contribution in [0.1, 0.15) is 6.42 Å². The van der Waals surface area contributed by atoms with Crippen molar-refractivity contribution in [2.24, 2.45) is 0 Å². The van der Waals surface area contributed by atoms with Crippen molar-refractivity contribution in [3.63, 3.8) is 0 Å². The van der Waals surface area contributed by atoms with Gasteiger partial charge in [-0.15, -0.1) is 11.8 Å². The molecule has 1 saturated heterocycles. The van der Waals surface area contributed by atoms with Crippen LogP contribution in [0.15, 0.2) is 34.9 Å². The molecule has 27 heavy (non-hydrogen) atoms. The zero-order valence-corrected chi connectivity index (χ0v) is 16.5. The molecule has 1 N–H and O–H groups in total. The van der Waals surface area contributed by atoms with E-state index in [0.29, 0.717) is 31.7 Å². The van der Waals surface area contributed by atoms with Crippen molar-refractivity contribution in [3.05, 3.63) is 34.9 Å². The minimum absolute atomic E-state index is 0.103. The molecule has 144 valence electrons. The van der Waals surface area contributed by atoms with Gasteiger partial charge in [0.25, 0.3) is 6.47 Å². The first-order valence-electron chi connectivity index (χ1n) is 8.53. The molecule has 2 aliphatic rings. The number of hydrogen-bond donors (Lipinski definition) is 1. The lowest BCUT2D eigenvalue weighted by molar-refractivity contribution is -0.516. The molecule has 2 rings (SSSR count). The summed E-state index contributed by atoms with van der Waals surface area (Å²) < 4.78 is 6.78. The first kappa shape index (κ1) is 21.1. The molecule has 0 aromatic rings. The maximum atomic E-state index is 10.7. The van der Waals surface area contributed by atoms with Crippen LogP contribution in [0.4, 0.5) is 0 Å². The van der Waals surface area contributed by atoms with Crippen molar-refractivity contribution < 1.29 is 24.0 Å². The van der Waals surface area contributed by atoms with E-state index in [2.05, 4.69) is 11.0 Å². The van der Waals surface area contributed by atoms with E-state index in [1.54, 1.807) is 35.7 Å². The second-order valence-electron chi connectivity index (χ2n) is 5.69. The van der Waals surface area contributed by atoms with Gasteiger partial charge in [-0.05, 0) is 18.2 Å². The third kappa shape index (κ3) is 7.15. The number of carboxylic acid groups (broad SMARTS) is 1. The predicted molar refractivity (Wildman–Crippen MR) is 107 cm³/mol. The summed E-state index contributed by atoms with van der Waals surface area (Å²) in [6, 6.07) is 2.18. The Hall–Kier alpha value is -2.18. The van der Waals surface area contributed by atoms with Crippen LogP contribution in [0.5, 0.6) is 0 Å². The first-order chi connectivity index (χ1) is 13.1. The second kappa shape index (κ2) is 11.5. The minimum Gasteiger partial charge on any atom is -0.481 e. The first-order valence-corrected chi connectivity index (χ1v) is 10.5. The molecule has 0 bridgehead atoms. The summed E-state index contributed by atoms with van der Waals surface area (Å²) >= 11 is 3.37. The normalized spacial score (nSPS) is 19.1. The highest BCUT2D eigenvalue weighted by Gasteiger charge is 2.21. The fraction of sp³-hybridized carbons (Fsp3) is 0.444. The van der Waals surface area contributed by atoms with E-state index < -0.39 is 5.97 Å². The van der Waals surface area contributed by atoms with Gasteiger partial charge < -0.3 is 14.7 Å². The highest BCUT2D eigenvalue weighted by Crippen LogP contribution is 2.27. The van der Waals surface area contributed by atoms with Crippen molar-refractivity contribution >= 4 is 41.0 Å². The van der Waals surface area contributed by atoms with Crippen molar-refractivity contribution in [1.82, 2.24) is 4.90 Å². The van der Waals surface area contributed by atoms with Gasteiger partial charge in [-0.3, -0.25) is 9.59 Å². The third-order valence-corrected chi connectivity index (χ3v) is 6.08. The Morgan fingerprint density at radius 3 is 3.00 bits per heavy atom. The molecule has 0 saturated carbocycles. The number of carbonyl (C=O) groups excluding carboxylic acids is 1. The average molecular weight is 409 g/mol. The second-order valence-corrected chi connectivity index (χ2v) is 7.92. The Bertz CT molecular complexity index is 723. The van der Waals surface area contributed by atoms with E-state index in [1.165, 1.54) is 0 Å². The van der Waals surface area contributed by atoms with Gasteiger partial charge >= 0.3 is 5.97 Å². The lowest BCUT2D eigenvalue weighted by Gasteiger charge is -2.17. The van der Waals surface area contributed by atoms with Crippen LogP contribution in [0.2, 0.25) is 0 Å². The van der Waals surface area contributed by atoms with Gasteiger partial charge in [0.1, 0.15) is 13.0 Å². The van der Waals surface area contributed by atoms with E-state index in [1.807, 2.05) is 16.7 Å². The van der Waals surface area contributed by atoms with Crippen LogP contribution >= 0.6 is 23.5 Å². The van der Waals surface area contributed by atoms with Crippen molar-refractivity contribution in [2.45, 2.75) is 6.42 Å². The number of ether oxygens (including phenoxy) is 1. The number of carboxylic acids is 1. The van der Waals surface area contributed by atoms with Gasteiger partial charge in [-0.1, -0.05) is 11.8 Å². The number of nitrogens with zero attached hydrogens (tertiary/aromatic N) is 3. The SMILES string of the molecule is N#CC(=C\C=C1/SCCN1CCOC=O)/C=C/C1=[N+](CCC(=O)O)CCS1. The van der Waals surface area contributed by atoms with Crippen LogP contribution in [0, 0.1) is 11.3 Å². The van der Waals surface area contributed by atoms with Crippen LogP contribution < -0.4 is 0 Å². The Morgan fingerprint density at radius 2 is 2.26 bits per heavy atom. The summed E-state index contributed by atoms with van der Waals surface area (Å²) in [6.45, 7) is 3.61. The molecular weight excluding hydrogens is 386 g/mol. The number of aliphatic carboxylic acids is 1. The molecule has 0 aliphatic carbocycles. The summed E-state index contributed by atoms with van der Waals surface area (Å²) in [5.74, 6) is 1.08. The zero-order chi connectivity index (χ0) is 19.5. The van der Waals surface area contributed by atoms with E-state index in [-0.39, 0.29) is 6.42 Å². The van der Waals surface area contributed by atoms with Crippen molar-refractivity contribution in [2.75, 3.05) is 44.3 Å². The van der Waals surface area contributed by atoms with Gasteiger partial charge in [-0.2, -0.15) is 5.26 Å². The van der Waals surface area contributed by atoms with E-state index in [9.17, 15) is 14.9 Å². The highest BCUT2D eigenvalue weighted by atomic mass is 32.2. The third-order valence-electron chi connectivity index (χ3n) is 3.93. The summed E-state index contributed by atoms with van der Waals surface area (Å²) in [5, 5.41) is 20.2. The highest BCUT2D eigenvalue weighted by molar-refractivity contribution is 8.14. The Morgan fingerprint density at radius 1 is 1.41 bits per heavy atom. The molecule has 0 atom stereocenters. The van der Waals surface area contributed by atoms with E-state index in [0.717, 1.165) is 34.7 Å². The van der Waals surface area contributed by atoms with Gasteiger partial charge in [0.05, 0.1) is 29.0 Å². The molecule has 2 heterocycles. The van der Waals surface area contributed by atoms with Crippen molar-refractivity contribution in [1.29, 1.82) is 5.26 Å². The summed E-state index contributed by atoms with van der Waals surface area (Å²) in [7, 11) is 0. The molecule has 0 radical (unpaired) electrons. The van der Waals surface area contributed by atoms with E-state index >= 15 is 0 Å². The maximum Gasteiger partial charge on any atom is 0.309 e. The average Bonchev–Trinajstić information content (AvgIpc) is 3.29. The lowest BCUT2D eigenvalue weighted by atomic mass is 10.2. The van der Waals surface area contributed by atoms with Crippen molar-refractivity contribution in [3.8, 4) is 6.07 Å². The number of thioether (sulfide) groups is 2. The Kier molecular flexibility index (Phi) is 9.01. The molecule has 9 heteroatoms. The van der Waals surface area contributed by atoms with Crippen LogP contribution in [0.3, 0.4) is 0 Å². The number of rotatable bonds is 10. The molecule has 0 unspecified atom stereocenters. The summed E-state index contributed by atoms with van der Waals surface area (Å²) in [5.41, 5.74) is 0.525. The molecule has 2 aliphatic heterocycles. The smallest absolute Gasteiger partial charge is 0.309 e. The maximum absolute atomic E-state index is 10.7. The molecule has 1 fully saturated rings. The molecule has 7 nitrogen and oxygen atoms in total. The standard InChI is InChI=1S/C18H21N3O4S2/c19-13-15(1-3-16-20(8-11-26-16)6-5-18(23)24)2-4-17-21(9-12-27-17)7-10-25-14-22/h1-4,14H,5-12H2/p+1. The topological polar surface area (TPSA) is 93.6 Å². The van der Waals surface area contributed by atoms with Crippen LogP contribution in [-0.4, -0.2) is 76.4 Å². The quantitative estimate of drug-likeness (QED) is 0.192. The fourth-order valence-corrected chi connectivity index (χ4v) is 4.67. The summed E-state index contributed by atoms with van der Waals surface area (Å²) in [6.07, 6.45) is 7.43. The Balaban J connectivity index is 2.02. The van der Waals surface area contributed by atoms with Gasteiger partial charge in [0.15, 0.2) is 13.1 Å². The monoisotopic (exact) mass is 408 g/mol. The summed E-state index contributed by atoms with van der Waals surface area (Å²) in [4.78, 5) is 23.1. The number of nitriles is 1. The van der Waals surface area contributed by atoms with Gasteiger partial charge in [0.2, 0.25) is 5.04 Å². The number of allylic oxidation sites excluding steroid dienone is 4. The fourth-order valence-electron chi connectivity index (χ4n) is 2.57. The minimum atomic E-state index is -0.809. The largest absolute Gasteiger partial charge is 0.481 e. The zero-order valence-electron chi connectivity index (χ0n) is 14.9. The van der Waals surface area contributed by atoms with Gasteiger partial charge in [-0.25, -0.2) is 4.58 Å². The molecule has 0 aromatic carbocycles. The Labute approximate surface area is 167 Å². The van der Waals surface area contributed by atoms with Crippen LogP contribution in [0.25, 0.3) is 0 Å². The number of hydrogen-bond acceptors (Lipinski definition) is 7. The lowest BCUT2D eigenvalue weighted by Crippen LogP contribution is -2.23. The molecule has 0 spiro atoms. The predicted octanol–water partition coefficient (Wildman–Crippen LogP) is 1.69. The molecule has 0 amide bonds.